The van der Waals surface area contributed by atoms with E-state index in [1.807, 2.05) is 5.06 Å². The molecule has 0 unspecified atom stereocenters. The minimum Gasteiger partial charge on any atom is -0.367 e. The van der Waals surface area contributed by atoms with Gasteiger partial charge in [-0.3, -0.25) is 4.79 Å². The molecule has 4 heteroatoms. The second-order valence-corrected chi connectivity index (χ2v) is 6.96. The molecule has 1 aliphatic rings. The zero-order chi connectivity index (χ0) is 16.5. The smallest absolute Gasteiger partial charge is 0.322 e. The molecule has 1 aliphatic heterocycles. The van der Waals surface area contributed by atoms with Gasteiger partial charge in [-0.2, -0.15) is 0 Å². The monoisotopic (exact) mass is 367 g/mol. The lowest BCUT2D eigenvalue weighted by Gasteiger charge is -2.44. The van der Waals surface area contributed by atoms with Gasteiger partial charge in [-0.25, -0.2) is 0 Å². The number of halogens is 1. The number of fused-ring (bicyclic) bond motifs is 1. The van der Waals surface area contributed by atoms with Crippen LogP contribution in [0, 0.1) is 0 Å². The van der Waals surface area contributed by atoms with Gasteiger partial charge in [0, 0.05) is 11.4 Å². The van der Waals surface area contributed by atoms with E-state index >= 15 is 0 Å². The van der Waals surface area contributed by atoms with Crippen molar-refractivity contribution in [3.8, 4) is 0 Å². The van der Waals surface area contributed by atoms with Crippen LogP contribution in [0.4, 0.5) is 0 Å². The van der Waals surface area contributed by atoms with Gasteiger partial charge in [0.1, 0.15) is 0 Å². The molecule has 22 heavy (non-hydrogen) atoms. The minimum absolute atomic E-state index is 0.242. The number of carbonyl (C=O) groups is 1. The van der Waals surface area contributed by atoms with E-state index in [9.17, 15) is 4.79 Å². The number of hydrogen-bond donors (Lipinski definition) is 0. The van der Waals surface area contributed by atoms with Crippen molar-refractivity contribution in [2.45, 2.75) is 71.4 Å². The van der Waals surface area contributed by atoms with Crippen molar-refractivity contribution in [2.24, 2.45) is 0 Å². The fraction of sp³-hybridized carbons (Fsp3) is 0.611. The summed E-state index contributed by atoms with van der Waals surface area (Å²) in [6.07, 6.45) is 3.63. The third-order valence-electron chi connectivity index (χ3n) is 5.32. The van der Waals surface area contributed by atoms with Crippen molar-refractivity contribution in [1.82, 2.24) is 5.06 Å². The van der Waals surface area contributed by atoms with Crippen LogP contribution in [-0.2, 0) is 20.7 Å². The zero-order valence-corrected chi connectivity index (χ0v) is 15.8. The molecule has 1 aromatic rings. The van der Waals surface area contributed by atoms with Gasteiger partial charge in [0.2, 0.25) is 0 Å². The van der Waals surface area contributed by atoms with Gasteiger partial charge in [0.05, 0.1) is 11.1 Å². The SMILES string of the molecule is CCC1(CC)c2ccc(Br)cc2C(CC)(CC)N1OC(C)=O. The van der Waals surface area contributed by atoms with Crippen LogP contribution in [0.15, 0.2) is 22.7 Å². The molecule has 122 valence electrons. The average Bonchev–Trinajstić information content (AvgIpc) is 2.73. The fourth-order valence-electron chi connectivity index (χ4n) is 4.08. The average molecular weight is 368 g/mol. The first-order chi connectivity index (χ1) is 10.4. The first kappa shape index (κ1) is 17.5. The summed E-state index contributed by atoms with van der Waals surface area (Å²) in [5.41, 5.74) is 2.09. The number of hydrogen-bond acceptors (Lipinski definition) is 3. The molecule has 0 atom stereocenters. The number of hydroxylamine groups is 2. The lowest BCUT2D eigenvalue weighted by atomic mass is 9.83. The summed E-state index contributed by atoms with van der Waals surface area (Å²) >= 11 is 3.60. The number of benzene rings is 1. The summed E-state index contributed by atoms with van der Waals surface area (Å²) in [6.45, 7) is 10.2. The second kappa shape index (κ2) is 6.32. The predicted molar refractivity (Wildman–Crippen MR) is 92.3 cm³/mol. The van der Waals surface area contributed by atoms with Crippen molar-refractivity contribution in [2.75, 3.05) is 0 Å². The Morgan fingerprint density at radius 3 is 2.00 bits per heavy atom. The zero-order valence-electron chi connectivity index (χ0n) is 14.2. The van der Waals surface area contributed by atoms with Crippen molar-refractivity contribution in [3.05, 3.63) is 33.8 Å². The Morgan fingerprint density at radius 2 is 1.55 bits per heavy atom. The highest BCUT2D eigenvalue weighted by Gasteiger charge is 2.57. The van der Waals surface area contributed by atoms with Crippen molar-refractivity contribution >= 4 is 21.9 Å². The maximum Gasteiger partial charge on any atom is 0.322 e. The minimum atomic E-state index is -0.253. The van der Waals surface area contributed by atoms with E-state index in [2.05, 4.69) is 61.8 Å². The molecule has 0 aliphatic carbocycles. The molecule has 3 nitrogen and oxygen atoms in total. The van der Waals surface area contributed by atoms with Crippen LogP contribution in [0.25, 0.3) is 0 Å². The van der Waals surface area contributed by atoms with Crippen LogP contribution >= 0.6 is 15.9 Å². The third-order valence-corrected chi connectivity index (χ3v) is 5.81. The summed E-state index contributed by atoms with van der Waals surface area (Å²) < 4.78 is 1.07. The van der Waals surface area contributed by atoms with Gasteiger partial charge in [-0.1, -0.05) is 49.7 Å². The summed E-state index contributed by atoms with van der Waals surface area (Å²) in [7, 11) is 0. The lowest BCUT2D eigenvalue weighted by molar-refractivity contribution is -0.264. The molecule has 0 saturated carbocycles. The maximum absolute atomic E-state index is 11.8. The van der Waals surface area contributed by atoms with E-state index in [0.717, 1.165) is 30.2 Å². The highest BCUT2D eigenvalue weighted by Crippen LogP contribution is 2.56. The second-order valence-electron chi connectivity index (χ2n) is 6.04. The Labute approximate surface area is 142 Å². The van der Waals surface area contributed by atoms with Gasteiger partial charge >= 0.3 is 5.97 Å². The van der Waals surface area contributed by atoms with E-state index in [1.54, 1.807) is 0 Å². The molecule has 2 rings (SSSR count). The molecule has 0 aromatic heterocycles. The molecule has 0 N–H and O–H groups in total. The van der Waals surface area contributed by atoms with E-state index in [1.165, 1.54) is 18.1 Å². The first-order valence-electron chi connectivity index (χ1n) is 8.21. The van der Waals surface area contributed by atoms with E-state index < -0.39 is 0 Å². The van der Waals surface area contributed by atoms with Gasteiger partial charge in [0.25, 0.3) is 0 Å². The summed E-state index contributed by atoms with van der Waals surface area (Å²) in [5.74, 6) is -0.246. The van der Waals surface area contributed by atoms with Gasteiger partial charge in [0.15, 0.2) is 0 Å². The molecular weight excluding hydrogens is 342 g/mol. The number of rotatable bonds is 5. The lowest BCUT2D eigenvalue weighted by Crippen LogP contribution is -2.51. The predicted octanol–water partition coefficient (Wildman–Crippen LogP) is 5.27. The molecule has 0 saturated heterocycles. The van der Waals surface area contributed by atoms with Gasteiger partial charge < -0.3 is 4.84 Å². The summed E-state index contributed by atoms with van der Waals surface area (Å²) in [4.78, 5) is 17.6. The molecule has 0 bridgehead atoms. The van der Waals surface area contributed by atoms with Crippen LogP contribution in [0.3, 0.4) is 0 Å². The quantitative estimate of drug-likeness (QED) is 0.709. The molecule has 0 fully saturated rings. The topological polar surface area (TPSA) is 29.5 Å². The summed E-state index contributed by atoms with van der Waals surface area (Å²) in [5, 5.41) is 2.01. The van der Waals surface area contributed by atoms with Crippen molar-refractivity contribution < 1.29 is 9.63 Å². The molecule has 1 aromatic carbocycles. The fourth-order valence-corrected chi connectivity index (χ4v) is 4.44. The Morgan fingerprint density at radius 1 is 1.05 bits per heavy atom. The molecule has 0 amide bonds. The largest absolute Gasteiger partial charge is 0.367 e. The Balaban J connectivity index is 2.77. The van der Waals surface area contributed by atoms with Crippen LogP contribution in [-0.4, -0.2) is 11.0 Å². The third kappa shape index (κ3) is 2.31. The van der Waals surface area contributed by atoms with Gasteiger partial charge in [-0.15, -0.1) is 5.06 Å². The van der Waals surface area contributed by atoms with Crippen molar-refractivity contribution in [1.29, 1.82) is 0 Å². The number of nitrogens with zero attached hydrogens (tertiary/aromatic N) is 1. The normalized spacial score (nSPS) is 19.0. The van der Waals surface area contributed by atoms with Crippen molar-refractivity contribution in [3.63, 3.8) is 0 Å². The Kier molecular flexibility index (Phi) is 5.03. The highest BCUT2D eigenvalue weighted by atomic mass is 79.9. The Hall–Kier alpha value is -0.870. The van der Waals surface area contributed by atoms with Crippen LogP contribution in [0.5, 0.6) is 0 Å². The van der Waals surface area contributed by atoms with E-state index in [0.29, 0.717) is 0 Å². The van der Waals surface area contributed by atoms with Gasteiger partial charge in [-0.05, 0) is 48.9 Å². The maximum atomic E-state index is 11.8. The molecule has 0 radical (unpaired) electrons. The van der Waals surface area contributed by atoms with Crippen LogP contribution < -0.4 is 0 Å². The van der Waals surface area contributed by atoms with E-state index in [4.69, 9.17) is 4.84 Å². The highest BCUT2D eigenvalue weighted by molar-refractivity contribution is 9.10. The Bertz CT molecular complexity index is 562. The van der Waals surface area contributed by atoms with Crippen LogP contribution in [0.2, 0.25) is 0 Å². The standard InChI is InChI=1S/C18H26BrNO2/c1-6-17(7-2)15-11-10-14(19)12-16(15)18(8-3,9-4)20(17)22-13(5)21/h10-12H,6-9H2,1-5H3. The molecule has 0 spiro atoms. The number of carbonyl (C=O) groups excluding carboxylic acids is 1. The summed E-state index contributed by atoms with van der Waals surface area (Å²) in [6, 6.07) is 6.48. The molecular formula is C18H26BrNO2. The first-order valence-corrected chi connectivity index (χ1v) is 9.00. The van der Waals surface area contributed by atoms with Crippen LogP contribution in [0.1, 0.15) is 71.4 Å². The molecule has 1 heterocycles. The van der Waals surface area contributed by atoms with E-state index in [-0.39, 0.29) is 17.0 Å².